The minimum absolute atomic E-state index is 0.104. The van der Waals surface area contributed by atoms with E-state index in [1.165, 1.54) is 24.3 Å². The summed E-state index contributed by atoms with van der Waals surface area (Å²) in [6, 6.07) is 1.24. The Bertz CT molecular complexity index is 2850. The number of hydrogen-bond acceptors (Lipinski definition) is 42. The molecule has 0 aliphatic carbocycles. The number of nitrogens with one attached hydrogen (secondary N) is 1. The highest BCUT2D eigenvalue weighted by Gasteiger charge is 2.61. The molecule has 1 aromatic rings. The van der Waals surface area contributed by atoms with Crippen molar-refractivity contribution >= 4 is 65.3 Å². The van der Waals surface area contributed by atoms with E-state index in [1.54, 1.807) is 6.92 Å². The second kappa shape index (κ2) is 28.9. The topological polar surface area (TPSA) is 670 Å². The van der Waals surface area contributed by atoms with Gasteiger partial charge in [-0.05, 0) is 19.1 Å². The molecule has 4 fully saturated rings. The maximum atomic E-state index is 13.5. The maximum Gasteiger partial charge on any atom is 0.416 e. The monoisotopic (exact) mass is 1290 g/mol. The van der Waals surface area contributed by atoms with E-state index in [-0.39, 0.29) is 10.8 Å². The lowest BCUT2D eigenvalue weighted by atomic mass is 9.93. The molecule has 4 heterocycles. The number of aryl methyl sites for hydroxylation is 1. The van der Waals surface area contributed by atoms with Crippen molar-refractivity contribution in [3.05, 3.63) is 29.8 Å². The average Bonchev–Trinajstić information content (AvgIpc) is 3.42. The summed E-state index contributed by atoms with van der Waals surface area (Å²) in [6.45, 7) is 0.473. The molecule has 5 rings (SSSR count). The Balaban J connectivity index is 1.61. The van der Waals surface area contributed by atoms with Crippen LogP contribution in [0.25, 0.3) is 0 Å². The van der Waals surface area contributed by atoms with Crippen molar-refractivity contribution in [1.29, 1.82) is 0 Å². The van der Waals surface area contributed by atoms with Crippen LogP contribution in [0.4, 0.5) is 0 Å². The van der Waals surface area contributed by atoms with E-state index < -0.39 is 201 Å². The van der Waals surface area contributed by atoms with E-state index in [9.17, 15) is 78.4 Å². The normalized spacial score (nSPS) is 34.5. The fourth-order valence-corrected chi connectivity index (χ4v) is 9.92. The van der Waals surface area contributed by atoms with Gasteiger partial charge in [-0.2, -0.15) is 86.2 Å². The highest BCUT2D eigenvalue weighted by Crippen LogP contribution is 2.38. The first-order valence-electron chi connectivity index (χ1n) is 22.7. The molecule has 20 N–H and O–H groups in total. The Labute approximate surface area is 467 Å². The Morgan fingerprint density at radius 1 is 0.542 bits per heavy atom. The first-order chi connectivity index (χ1) is 38.7. The SMILES string of the molecule is CC(=O)NC1[C@H](O[C@H]2C(C(=O)ON)O[C@@H](O[C@@H]3C(COS(=O)(=O)ON)O[C@H](O[C@H]4C(C(=O)ON)O[C@@H](Oc5ccc(C)cc5)C(OS(=O)(=O)ON)[C@@H]4O)C(N(N)C(C)=O)[C@H]3O)C(OS(=O)(=O)ON)[C@@H]2O)OC(COS(=O)(=O)ON)[C@@H](O)[C@@H]1O. The summed E-state index contributed by atoms with van der Waals surface area (Å²) in [6.07, 6.45) is -44.9. The van der Waals surface area contributed by atoms with Gasteiger partial charge in [0.25, 0.3) is 0 Å². The van der Waals surface area contributed by atoms with Crippen LogP contribution >= 0.6 is 0 Å². The molecule has 4 aliphatic heterocycles. The predicted octanol–water partition coefficient (Wildman–Crippen LogP) is -12.0. The Morgan fingerprint density at radius 3 is 1.43 bits per heavy atom. The molecule has 4 saturated heterocycles. The van der Waals surface area contributed by atoms with Crippen molar-refractivity contribution in [2.75, 3.05) is 13.2 Å². The number of rotatable bonds is 26. The Morgan fingerprint density at radius 2 is 0.976 bits per heavy atom. The van der Waals surface area contributed by atoms with Crippen LogP contribution in [0.2, 0.25) is 0 Å². The van der Waals surface area contributed by atoms with E-state index >= 15 is 0 Å². The maximum absolute atomic E-state index is 13.5. The number of carbonyl (C=O) groups excluding carboxylic acids is 4. The van der Waals surface area contributed by atoms with Crippen LogP contribution in [0.1, 0.15) is 19.4 Å². The second-order valence-electron chi connectivity index (χ2n) is 17.3. The summed E-state index contributed by atoms with van der Waals surface area (Å²) in [4.78, 5) is 60.8. The van der Waals surface area contributed by atoms with E-state index in [0.29, 0.717) is 5.56 Å². The number of hydrazine groups is 1. The third kappa shape index (κ3) is 17.4. The van der Waals surface area contributed by atoms with Crippen molar-refractivity contribution in [2.45, 2.75) is 143 Å². The zero-order valence-corrected chi connectivity index (χ0v) is 45.6. The van der Waals surface area contributed by atoms with E-state index in [2.05, 4.69) is 42.2 Å². The molecule has 0 saturated carbocycles. The van der Waals surface area contributed by atoms with Gasteiger partial charge in [-0.25, -0.2) is 32.2 Å². The third-order valence-corrected chi connectivity index (χ3v) is 14.7. The highest BCUT2D eigenvalue weighted by atomic mass is 32.3. The van der Waals surface area contributed by atoms with Gasteiger partial charge in [0.05, 0.1) is 13.2 Å². The van der Waals surface area contributed by atoms with Crippen LogP contribution in [-0.2, 0) is 137 Å². The molecule has 0 aromatic heterocycles. The second-order valence-corrected chi connectivity index (χ2v) is 22.2. The zero-order valence-electron chi connectivity index (χ0n) is 42.4. The molecule has 4 aliphatic rings. The minimum Gasteiger partial charge on any atom is -0.462 e. The quantitative estimate of drug-likeness (QED) is 0.0233. The number of nitrogens with two attached hydrogens (primary N) is 7. The fraction of sp³-hybridized carbons (Fsp3) is 0.714. The van der Waals surface area contributed by atoms with Gasteiger partial charge in [-0.15, -0.1) is 0 Å². The van der Waals surface area contributed by atoms with Crippen molar-refractivity contribution in [3.63, 3.8) is 0 Å². The van der Waals surface area contributed by atoms with Gasteiger partial charge in [0.15, 0.2) is 43.3 Å². The molecule has 20 atom stereocenters. The van der Waals surface area contributed by atoms with Crippen LogP contribution < -0.4 is 51.3 Å². The lowest BCUT2D eigenvalue weighted by Gasteiger charge is -2.51. The molecule has 2 amide bonds. The number of ether oxygens (including phenoxy) is 8. The third-order valence-electron chi connectivity index (χ3n) is 12.0. The molecule has 0 spiro atoms. The number of amides is 2. The van der Waals surface area contributed by atoms with Gasteiger partial charge in [0.2, 0.25) is 18.1 Å². The summed E-state index contributed by atoms with van der Waals surface area (Å²) in [5, 5.41) is 60.2. The number of aliphatic hydroxyl groups is 5. The molecule has 83 heavy (non-hydrogen) atoms. The molecular formula is C35H57N9O35S4. The summed E-state index contributed by atoms with van der Waals surface area (Å²) in [7, 11) is -21.4. The molecule has 1 aromatic carbocycles. The smallest absolute Gasteiger partial charge is 0.416 e. The molecule has 44 nitrogen and oxygen atoms in total. The van der Waals surface area contributed by atoms with Crippen molar-refractivity contribution in [1.82, 2.24) is 10.3 Å². The van der Waals surface area contributed by atoms with Crippen molar-refractivity contribution in [3.8, 4) is 5.75 Å². The van der Waals surface area contributed by atoms with Crippen molar-refractivity contribution in [2.24, 2.45) is 41.2 Å². The molecule has 0 bridgehead atoms. The molecular weight excluding hydrogens is 1230 g/mol. The lowest BCUT2D eigenvalue weighted by Crippen LogP contribution is -2.72. The Kier molecular flexibility index (Phi) is 24.1. The number of nitrogens with zero attached hydrogens (tertiary/aromatic N) is 1. The summed E-state index contributed by atoms with van der Waals surface area (Å²) >= 11 is 0. The number of hydrogen-bond donors (Lipinski definition) is 13. The van der Waals surface area contributed by atoms with Gasteiger partial charge >= 0.3 is 53.5 Å². The van der Waals surface area contributed by atoms with Gasteiger partial charge in [0.1, 0.15) is 78.9 Å². The van der Waals surface area contributed by atoms with Crippen LogP contribution in [0.5, 0.6) is 5.75 Å². The fourth-order valence-electron chi connectivity index (χ4n) is 8.17. The number of benzene rings is 1. The van der Waals surface area contributed by atoms with Gasteiger partial charge in [0, 0.05) is 13.8 Å². The van der Waals surface area contributed by atoms with E-state index in [0.717, 1.165) is 13.8 Å². The average molecular weight is 1290 g/mol. The molecule has 0 radical (unpaired) electrons. The molecule has 48 heteroatoms. The van der Waals surface area contributed by atoms with Crippen molar-refractivity contribution < 1.29 is 160 Å². The molecule has 8 unspecified atom stereocenters. The van der Waals surface area contributed by atoms with Gasteiger partial charge in [-0.3, -0.25) is 14.6 Å². The largest absolute Gasteiger partial charge is 0.462 e. The summed E-state index contributed by atoms with van der Waals surface area (Å²) in [5.41, 5.74) is 0.682. The van der Waals surface area contributed by atoms with E-state index in [1.807, 2.05) is 0 Å². The van der Waals surface area contributed by atoms with Crippen LogP contribution in [0, 0.1) is 6.92 Å². The first kappa shape index (κ1) is 69.4. The Hall–Kier alpha value is -4.38. The van der Waals surface area contributed by atoms with Crippen LogP contribution in [0.15, 0.2) is 24.3 Å². The lowest BCUT2D eigenvalue weighted by molar-refractivity contribution is -0.371. The van der Waals surface area contributed by atoms with Gasteiger partial charge < -0.3 is 78.4 Å². The number of carbonyl (C=O) groups is 4. The van der Waals surface area contributed by atoms with Crippen LogP contribution in [0.3, 0.4) is 0 Å². The molecule has 476 valence electrons. The first-order valence-corrected chi connectivity index (χ1v) is 28.0. The summed E-state index contributed by atoms with van der Waals surface area (Å²) in [5.74, 6) is 29.8. The number of aliphatic hydroxyl groups excluding tert-OH is 5. The zero-order chi connectivity index (χ0) is 62.3. The minimum atomic E-state index is -5.65. The summed E-state index contributed by atoms with van der Waals surface area (Å²) < 4.78 is 180. The van der Waals surface area contributed by atoms with Gasteiger partial charge in [-0.1, -0.05) is 17.7 Å². The standard InChI is InChI=1S/C35H57N9O35S4/c1-10-4-6-13(7-5-10)64-34-26(74-82(58,59)78-41)22(51)25(29(70-34)31(53)73-38)69-33-17(44(36)12(3)46)20(49)23(15(66-33)9-63-81(56,57)77-40)67-35-27(75-83(60,61)79-42)21(50)24(28(71-35)30(52)72-37)68-32-16(43-11(2)45)19(48)18(47)14(65-32)8-62-80(54,55)76-39/h4-7,14-29,32-35,47-51H,8-9,36-42H2,1-3H3,(H,43,45)/t14?,15?,16?,17?,18-,19-,20-,21-,22-,23-,24-,25-,26?,27?,28?,29?,32+,33-,34-,35-/m1/s1. The highest BCUT2D eigenvalue weighted by molar-refractivity contribution is 7.82. The van der Waals surface area contributed by atoms with Crippen LogP contribution in [-0.4, -0.2) is 224 Å². The van der Waals surface area contributed by atoms with E-state index in [4.69, 9.17) is 85.8 Å². The predicted molar refractivity (Wildman–Crippen MR) is 248 cm³/mol.